The standard InChI is InChI=1S/C23H24ClN2O8P/c1-3-33-23(28)22-18(10-11-21(27)25-13-15-6-4-5-7-20(15)32-2)17-9-8-16(24)12-19(17)26(22)14-34-35(29,30)31/h4-12H,3,13-14H2,1-2H3,(H,25,27)(H2,29,30,31)/b11-10+. The number of aromatic nitrogens is 1. The first-order valence-corrected chi connectivity index (χ1v) is 12.3. The van der Waals surface area contributed by atoms with Gasteiger partial charge in [0.15, 0.2) is 0 Å². The molecule has 186 valence electrons. The van der Waals surface area contributed by atoms with Crippen LogP contribution < -0.4 is 10.1 Å². The Hall–Kier alpha value is -3.14. The van der Waals surface area contributed by atoms with Gasteiger partial charge in [-0.05, 0) is 31.2 Å². The Balaban J connectivity index is 1.98. The number of rotatable bonds is 10. The maximum absolute atomic E-state index is 12.8. The Bertz CT molecular complexity index is 1310. The van der Waals surface area contributed by atoms with Crippen molar-refractivity contribution in [3.63, 3.8) is 0 Å². The second-order valence-corrected chi connectivity index (χ2v) is 8.86. The molecule has 1 heterocycles. The predicted molar refractivity (Wildman–Crippen MR) is 130 cm³/mol. The van der Waals surface area contributed by atoms with E-state index in [0.29, 0.717) is 27.2 Å². The summed E-state index contributed by atoms with van der Waals surface area (Å²) in [5.74, 6) is -0.568. The third-order valence-corrected chi connectivity index (χ3v) is 5.62. The van der Waals surface area contributed by atoms with Crippen LogP contribution in [0.2, 0.25) is 5.02 Å². The van der Waals surface area contributed by atoms with Gasteiger partial charge in [-0.25, -0.2) is 9.36 Å². The topological polar surface area (TPSA) is 136 Å². The smallest absolute Gasteiger partial charge is 0.471 e. The number of para-hydroxylation sites is 1. The number of benzene rings is 2. The number of nitrogens with zero attached hydrogens (tertiary/aromatic N) is 1. The van der Waals surface area contributed by atoms with Crippen molar-refractivity contribution in [1.29, 1.82) is 0 Å². The van der Waals surface area contributed by atoms with Gasteiger partial charge in [0.2, 0.25) is 5.91 Å². The second kappa shape index (κ2) is 11.5. The number of carbonyl (C=O) groups is 2. The number of ether oxygens (including phenoxy) is 2. The van der Waals surface area contributed by atoms with E-state index in [4.69, 9.17) is 30.9 Å². The van der Waals surface area contributed by atoms with Crippen molar-refractivity contribution in [2.45, 2.75) is 20.2 Å². The van der Waals surface area contributed by atoms with Crippen molar-refractivity contribution in [2.24, 2.45) is 0 Å². The van der Waals surface area contributed by atoms with Crippen LogP contribution in [0.3, 0.4) is 0 Å². The summed E-state index contributed by atoms with van der Waals surface area (Å²) in [5.41, 5.74) is 1.40. The molecule has 3 rings (SSSR count). The molecule has 3 N–H and O–H groups in total. The minimum Gasteiger partial charge on any atom is -0.496 e. The number of carbonyl (C=O) groups excluding carboxylic acids is 2. The summed E-state index contributed by atoms with van der Waals surface area (Å²) in [5, 5.41) is 3.58. The van der Waals surface area contributed by atoms with E-state index in [0.717, 1.165) is 5.56 Å². The summed E-state index contributed by atoms with van der Waals surface area (Å²) in [6, 6.07) is 12.0. The largest absolute Gasteiger partial charge is 0.496 e. The van der Waals surface area contributed by atoms with Crippen molar-refractivity contribution in [3.05, 3.63) is 70.4 Å². The van der Waals surface area contributed by atoms with Gasteiger partial charge >= 0.3 is 13.8 Å². The first-order valence-electron chi connectivity index (χ1n) is 10.4. The molecule has 0 bridgehead atoms. The number of halogens is 1. The van der Waals surface area contributed by atoms with E-state index in [1.807, 2.05) is 18.2 Å². The van der Waals surface area contributed by atoms with Gasteiger partial charge in [0, 0.05) is 34.2 Å². The molecule has 0 fully saturated rings. The highest BCUT2D eigenvalue weighted by Gasteiger charge is 2.25. The van der Waals surface area contributed by atoms with Crippen LogP contribution >= 0.6 is 19.4 Å². The number of phosphoric acid groups is 1. The van der Waals surface area contributed by atoms with E-state index in [9.17, 15) is 14.2 Å². The van der Waals surface area contributed by atoms with Crippen LogP contribution in [0.25, 0.3) is 17.0 Å². The molecule has 1 amide bonds. The van der Waals surface area contributed by atoms with Gasteiger partial charge < -0.3 is 29.1 Å². The lowest BCUT2D eigenvalue weighted by Gasteiger charge is -2.12. The van der Waals surface area contributed by atoms with Crippen LogP contribution in [0.4, 0.5) is 0 Å². The van der Waals surface area contributed by atoms with Gasteiger partial charge in [-0.15, -0.1) is 0 Å². The fourth-order valence-electron chi connectivity index (χ4n) is 3.45. The third-order valence-electron chi connectivity index (χ3n) is 4.94. The molecule has 0 unspecified atom stereocenters. The molecule has 10 nitrogen and oxygen atoms in total. The van der Waals surface area contributed by atoms with Crippen molar-refractivity contribution in [3.8, 4) is 5.75 Å². The van der Waals surface area contributed by atoms with Crippen LogP contribution in [0.15, 0.2) is 48.5 Å². The fraction of sp³-hybridized carbons (Fsp3) is 0.217. The van der Waals surface area contributed by atoms with Gasteiger partial charge in [0.05, 0.1) is 19.2 Å². The van der Waals surface area contributed by atoms with Gasteiger partial charge in [-0.2, -0.15) is 0 Å². The lowest BCUT2D eigenvalue weighted by molar-refractivity contribution is -0.116. The molecule has 0 aliphatic heterocycles. The normalized spacial score (nSPS) is 11.7. The fourth-order valence-corrected chi connectivity index (χ4v) is 3.89. The van der Waals surface area contributed by atoms with Crippen LogP contribution in [0, 0.1) is 0 Å². The van der Waals surface area contributed by atoms with Crippen LogP contribution in [0.5, 0.6) is 5.75 Å². The average Bonchev–Trinajstić information content (AvgIpc) is 3.12. The van der Waals surface area contributed by atoms with Crippen molar-refractivity contribution < 1.29 is 37.9 Å². The molecule has 2 aromatic carbocycles. The van der Waals surface area contributed by atoms with Crippen molar-refractivity contribution in [2.75, 3.05) is 13.7 Å². The Kier molecular flexibility index (Phi) is 8.71. The molecular formula is C23H24ClN2O8P. The maximum Gasteiger partial charge on any atom is 0.471 e. The summed E-state index contributed by atoms with van der Waals surface area (Å²) in [4.78, 5) is 43.7. The molecule has 12 heteroatoms. The second-order valence-electron chi connectivity index (χ2n) is 7.18. The summed E-state index contributed by atoms with van der Waals surface area (Å²) >= 11 is 6.12. The summed E-state index contributed by atoms with van der Waals surface area (Å²) in [6.07, 6.45) is 2.67. The van der Waals surface area contributed by atoms with Crippen LogP contribution in [0.1, 0.15) is 28.5 Å². The number of hydrogen-bond donors (Lipinski definition) is 3. The first kappa shape index (κ1) is 26.5. The zero-order valence-electron chi connectivity index (χ0n) is 18.9. The molecule has 0 atom stereocenters. The maximum atomic E-state index is 12.8. The number of methoxy groups -OCH3 is 1. The van der Waals surface area contributed by atoms with Gasteiger partial charge in [0.1, 0.15) is 18.2 Å². The molecule has 0 radical (unpaired) electrons. The number of phosphoric ester groups is 1. The summed E-state index contributed by atoms with van der Waals surface area (Å²) < 4.78 is 27.6. The molecule has 35 heavy (non-hydrogen) atoms. The molecule has 0 aliphatic carbocycles. The lowest BCUT2D eigenvalue weighted by Crippen LogP contribution is -2.20. The van der Waals surface area contributed by atoms with E-state index >= 15 is 0 Å². The van der Waals surface area contributed by atoms with E-state index in [2.05, 4.69) is 9.84 Å². The molecular weight excluding hydrogens is 499 g/mol. The number of fused-ring (bicyclic) bond motifs is 1. The van der Waals surface area contributed by atoms with Gasteiger partial charge in [-0.3, -0.25) is 9.32 Å². The zero-order valence-corrected chi connectivity index (χ0v) is 20.6. The van der Waals surface area contributed by atoms with Crippen molar-refractivity contribution >= 4 is 48.3 Å². The minimum atomic E-state index is -4.85. The third kappa shape index (κ3) is 6.72. The number of esters is 1. The molecule has 0 aliphatic rings. The molecule has 0 spiro atoms. The Morgan fingerprint density at radius 1 is 1.20 bits per heavy atom. The number of amides is 1. The highest BCUT2D eigenvalue weighted by atomic mass is 35.5. The zero-order chi connectivity index (χ0) is 25.6. The highest BCUT2D eigenvalue weighted by Crippen LogP contribution is 2.38. The van der Waals surface area contributed by atoms with Crippen LogP contribution in [-0.4, -0.2) is 39.9 Å². The Morgan fingerprint density at radius 2 is 1.94 bits per heavy atom. The monoisotopic (exact) mass is 522 g/mol. The van der Waals surface area contributed by atoms with E-state index in [1.54, 1.807) is 25.1 Å². The van der Waals surface area contributed by atoms with E-state index < -0.39 is 26.4 Å². The Morgan fingerprint density at radius 3 is 2.63 bits per heavy atom. The number of nitrogens with one attached hydrogen (secondary N) is 1. The van der Waals surface area contributed by atoms with Crippen LogP contribution in [-0.2, 0) is 31.9 Å². The predicted octanol–water partition coefficient (Wildman–Crippen LogP) is 3.88. The molecule has 0 saturated heterocycles. The molecule has 0 saturated carbocycles. The first-order chi connectivity index (χ1) is 16.6. The summed E-state index contributed by atoms with van der Waals surface area (Å²) in [7, 11) is -3.31. The minimum absolute atomic E-state index is 0.0497. The Labute approximate surface area is 206 Å². The number of hydrogen-bond acceptors (Lipinski definition) is 6. The van der Waals surface area contributed by atoms with Crippen molar-refractivity contribution in [1.82, 2.24) is 9.88 Å². The van der Waals surface area contributed by atoms with E-state index in [1.165, 1.54) is 29.9 Å². The van der Waals surface area contributed by atoms with E-state index in [-0.39, 0.29) is 18.8 Å². The quantitative estimate of drug-likeness (QED) is 0.207. The molecule has 3 aromatic rings. The average molecular weight is 523 g/mol. The van der Waals surface area contributed by atoms with Gasteiger partial charge in [-0.1, -0.05) is 35.9 Å². The SMILES string of the molecule is CCOC(=O)c1c(/C=C/C(=O)NCc2ccccc2OC)c2ccc(Cl)cc2n1COP(=O)(O)O. The molecule has 1 aromatic heterocycles. The highest BCUT2D eigenvalue weighted by molar-refractivity contribution is 7.46. The lowest BCUT2D eigenvalue weighted by atomic mass is 10.1. The summed E-state index contributed by atoms with van der Waals surface area (Å²) in [6.45, 7) is 1.24. The van der Waals surface area contributed by atoms with Gasteiger partial charge in [0.25, 0.3) is 0 Å².